The van der Waals surface area contributed by atoms with Crippen LogP contribution in [0.15, 0.2) is 0 Å². The molecule has 0 aromatic carbocycles. The fraction of sp³-hybridized carbons (Fsp3) is 0.967. The van der Waals surface area contributed by atoms with Gasteiger partial charge in [-0.2, -0.15) is 0 Å². The van der Waals surface area contributed by atoms with Crippen LogP contribution in [0.4, 0.5) is 0 Å². The lowest BCUT2D eigenvalue weighted by Crippen LogP contribution is -1.87. The molecule has 1 unspecified atom stereocenters. The van der Waals surface area contributed by atoms with Crippen LogP contribution in [0.25, 0.3) is 0 Å². The Bertz CT molecular complexity index is 280. The first-order valence-corrected chi connectivity index (χ1v) is 14.6. The van der Waals surface area contributed by atoms with E-state index in [2.05, 4.69) is 20.8 Å². The van der Waals surface area contributed by atoms with Crippen molar-refractivity contribution in [3.63, 3.8) is 0 Å². The summed E-state index contributed by atoms with van der Waals surface area (Å²) in [5, 5.41) is 0. The Hall–Kier alpha value is 0. The van der Waals surface area contributed by atoms with Crippen molar-refractivity contribution in [3.05, 3.63) is 6.92 Å². The lowest BCUT2D eigenvalue weighted by Gasteiger charge is -2.05. The van der Waals surface area contributed by atoms with Gasteiger partial charge in [-0.15, -0.1) is 0 Å². The Morgan fingerprint density at radius 2 is 0.567 bits per heavy atom. The maximum atomic E-state index is 4.07. The van der Waals surface area contributed by atoms with Crippen LogP contribution < -0.4 is 0 Å². The highest BCUT2D eigenvalue weighted by Gasteiger charge is 1.97. The summed E-state index contributed by atoms with van der Waals surface area (Å²) >= 11 is 0. The molecule has 0 aromatic rings. The van der Waals surface area contributed by atoms with E-state index in [0.29, 0.717) is 5.92 Å². The molecule has 0 fully saturated rings. The molecule has 0 saturated carbocycles. The summed E-state index contributed by atoms with van der Waals surface area (Å²) in [6.07, 6.45) is 38.1. The number of unbranched alkanes of at least 4 members (excludes halogenated alkanes) is 24. The lowest BCUT2D eigenvalue weighted by atomic mass is 10.0. The summed E-state index contributed by atoms with van der Waals surface area (Å²) < 4.78 is 0. The second-order valence-electron chi connectivity index (χ2n) is 10.4. The average Bonchev–Trinajstić information content (AvgIpc) is 2.73. The second-order valence-corrected chi connectivity index (χ2v) is 10.4. The minimum absolute atomic E-state index is 0.648. The Kier molecular flexibility index (Phi) is 27.0. The van der Waals surface area contributed by atoms with Gasteiger partial charge in [-0.05, 0) is 5.92 Å². The molecule has 0 amide bonds. The molecule has 0 rings (SSSR count). The third-order valence-electron chi connectivity index (χ3n) is 6.80. The van der Waals surface area contributed by atoms with E-state index in [0.717, 1.165) is 0 Å². The monoisotopic (exact) mass is 421 g/mol. The minimum Gasteiger partial charge on any atom is -0.0654 e. The third kappa shape index (κ3) is 28.0. The molecule has 1 atom stereocenters. The summed E-state index contributed by atoms with van der Waals surface area (Å²) in [5.41, 5.74) is 0. The standard InChI is InChI=1S/C30H61/c1-4-5-6-7-8-9-10-11-12-13-14-15-16-17-18-19-20-21-22-23-24-25-26-27-28-29-30(2)3/h30H,2,4-29H2,1,3H3. The van der Waals surface area contributed by atoms with Crippen molar-refractivity contribution in [3.8, 4) is 0 Å². The second kappa shape index (κ2) is 27.0. The van der Waals surface area contributed by atoms with Gasteiger partial charge < -0.3 is 0 Å². The van der Waals surface area contributed by atoms with E-state index in [9.17, 15) is 0 Å². The van der Waals surface area contributed by atoms with Crippen molar-refractivity contribution < 1.29 is 0 Å². The van der Waals surface area contributed by atoms with Gasteiger partial charge in [0.05, 0.1) is 0 Å². The highest BCUT2D eigenvalue weighted by atomic mass is 14.0. The minimum atomic E-state index is 0.648. The summed E-state index contributed by atoms with van der Waals surface area (Å²) in [4.78, 5) is 0. The number of hydrogen-bond donors (Lipinski definition) is 0. The van der Waals surface area contributed by atoms with Gasteiger partial charge in [-0.25, -0.2) is 0 Å². The first-order valence-electron chi connectivity index (χ1n) is 14.6. The Balaban J connectivity index is 2.99. The molecule has 0 heterocycles. The molecule has 0 aliphatic rings. The zero-order valence-electron chi connectivity index (χ0n) is 21.7. The van der Waals surface area contributed by atoms with E-state index in [1.165, 1.54) is 167 Å². The van der Waals surface area contributed by atoms with Gasteiger partial charge >= 0.3 is 0 Å². The Labute approximate surface area is 193 Å². The van der Waals surface area contributed by atoms with Crippen LogP contribution in [0, 0.1) is 12.8 Å². The third-order valence-corrected chi connectivity index (χ3v) is 6.80. The van der Waals surface area contributed by atoms with E-state index in [1.807, 2.05) is 0 Å². The zero-order chi connectivity index (χ0) is 22.0. The van der Waals surface area contributed by atoms with Gasteiger partial charge in [-0.3, -0.25) is 0 Å². The summed E-state index contributed by atoms with van der Waals surface area (Å²) in [6, 6.07) is 0. The van der Waals surface area contributed by atoms with Crippen LogP contribution in [0.1, 0.15) is 181 Å². The fourth-order valence-corrected chi connectivity index (χ4v) is 4.63. The SMILES string of the molecule is [CH2]C(C)CCCCCCCCCCCCCCCCCCCCCCCCCCC. The molecule has 0 bridgehead atoms. The molecule has 181 valence electrons. The molecule has 30 heavy (non-hydrogen) atoms. The fourth-order valence-electron chi connectivity index (χ4n) is 4.63. The molecule has 0 N–H and O–H groups in total. The molecule has 0 heteroatoms. The van der Waals surface area contributed by atoms with E-state index >= 15 is 0 Å². The van der Waals surface area contributed by atoms with Crippen LogP contribution >= 0.6 is 0 Å². The first-order chi connectivity index (χ1) is 14.8. The smallest absolute Gasteiger partial charge is 0.0443 e. The van der Waals surface area contributed by atoms with E-state index < -0.39 is 0 Å². The molecule has 0 nitrogen and oxygen atoms in total. The van der Waals surface area contributed by atoms with Gasteiger partial charge in [0, 0.05) is 0 Å². The van der Waals surface area contributed by atoms with Gasteiger partial charge in [0.1, 0.15) is 0 Å². The van der Waals surface area contributed by atoms with E-state index in [-0.39, 0.29) is 0 Å². The van der Waals surface area contributed by atoms with Crippen molar-refractivity contribution in [2.75, 3.05) is 0 Å². The molecule has 0 saturated heterocycles. The predicted octanol–water partition coefficient (Wildman–Crippen LogP) is 11.6. The van der Waals surface area contributed by atoms with Crippen molar-refractivity contribution in [1.29, 1.82) is 0 Å². The number of rotatable bonds is 26. The van der Waals surface area contributed by atoms with Crippen LogP contribution in [0.3, 0.4) is 0 Å². The Morgan fingerprint density at radius 1 is 0.367 bits per heavy atom. The molecule has 0 aliphatic heterocycles. The Morgan fingerprint density at radius 3 is 0.767 bits per heavy atom. The number of hydrogen-bond acceptors (Lipinski definition) is 0. The van der Waals surface area contributed by atoms with Crippen LogP contribution in [0.5, 0.6) is 0 Å². The molecular formula is C30H61. The van der Waals surface area contributed by atoms with Gasteiger partial charge in [0.15, 0.2) is 0 Å². The van der Waals surface area contributed by atoms with Gasteiger partial charge in [0.25, 0.3) is 0 Å². The van der Waals surface area contributed by atoms with E-state index in [4.69, 9.17) is 0 Å². The van der Waals surface area contributed by atoms with Crippen LogP contribution in [-0.2, 0) is 0 Å². The van der Waals surface area contributed by atoms with Crippen molar-refractivity contribution in [1.82, 2.24) is 0 Å². The normalized spacial score (nSPS) is 11.6. The highest BCUT2D eigenvalue weighted by molar-refractivity contribution is 4.55. The average molecular weight is 422 g/mol. The molecule has 0 aliphatic carbocycles. The van der Waals surface area contributed by atoms with Crippen molar-refractivity contribution in [2.24, 2.45) is 5.92 Å². The summed E-state index contributed by atoms with van der Waals surface area (Å²) in [5.74, 6) is 0.648. The lowest BCUT2D eigenvalue weighted by molar-refractivity contribution is 0.510. The molecule has 0 aromatic heterocycles. The molecule has 0 spiro atoms. The molecular weight excluding hydrogens is 360 g/mol. The summed E-state index contributed by atoms with van der Waals surface area (Å²) in [6.45, 7) is 8.61. The summed E-state index contributed by atoms with van der Waals surface area (Å²) in [7, 11) is 0. The van der Waals surface area contributed by atoms with E-state index in [1.54, 1.807) is 0 Å². The topological polar surface area (TPSA) is 0 Å². The van der Waals surface area contributed by atoms with Crippen molar-refractivity contribution in [2.45, 2.75) is 181 Å². The van der Waals surface area contributed by atoms with Crippen LogP contribution in [-0.4, -0.2) is 0 Å². The quantitative estimate of drug-likeness (QED) is 0.122. The maximum Gasteiger partial charge on any atom is -0.0443 e. The zero-order valence-corrected chi connectivity index (χ0v) is 21.7. The van der Waals surface area contributed by atoms with Gasteiger partial charge in [0.2, 0.25) is 0 Å². The maximum absolute atomic E-state index is 4.07. The van der Waals surface area contributed by atoms with Crippen molar-refractivity contribution >= 4 is 0 Å². The first kappa shape index (κ1) is 30.0. The van der Waals surface area contributed by atoms with Gasteiger partial charge in [-0.1, -0.05) is 188 Å². The van der Waals surface area contributed by atoms with Crippen LogP contribution in [0.2, 0.25) is 0 Å². The largest absolute Gasteiger partial charge is 0.0654 e. The highest BCUT2D eigenvalue weighted by Crippen LogP contribution is 2.16. The predicted molar refractivity (Wildman–Crippen MR) is 140 cm³/mol. The molecule has 1 radical (unpaired) electrons.